The largest absolute Gasteiger partial charge is 0.496 e. The first-order valence-electron chi connectivity index (χ1n) is 4.37. The summed E-state index contributed by atoms with van der Waals surface area (Å²) >= 11 is 0. The van der Waals surface area contributed by atoms with Crippen molar-refractivity contribution in [2.24, 2.45) is 0 Å². The van der Waals surface area contributed by atoms with E-state index in [9.17, 15) is 0 Å². The smallest absolute Gasteiger partial charge is 0.124 e. The van der Waals surface area contributed by atoms with Gasteiger partial charge in [0.2, 0.25) is 0 Å². The summed E-state index contributed by atoms with van der Waals surface area (Å²) in [5.41, 5.74) is 0. The Kier molecular flexibility index (Phi) is 3.88. The molecule has 1 aliphatic carbocycles. The molecular formula is C10H16O2. The second kappa shape index (κ2) is 4.99. The molecule has 12 heavy (non-hydrogen) atoms. The van der Waals surface area contributed by atoms with Crippen molar-refractivity contribution < 1.29 is 9.47 Å². The predicted molar refractivity (Wildman–Crippen MR) is 48.9 cm³/mol. The van der Waals surface area contributed by atoms with E-state index in [0.717, 1.165) is 12.8 Å². The molecule has 1 rings (SSSR count). The second-order valence-corrected chi connectivity index (χ2v) is 2.93. The van der Waals surface area contributed by atoms with Gasteiger partial charge in [0.25, 0.3) is 0 Å². The van der Waals surface area contributed by atoms with Gasteiger partial charge in [0, 0.05) is 0 Å². The van der Waals surface area contributed by atoms with Gasteiger partial charge in [-0.25, -0.2) is 0 Å². The lowest BCUT2D eigenvalue weighted by Crippen LogP contribution is -2.24. The summed E-state index contributed by atoms with van der Waals surface area (Å²) < 4.78 is 10.8. The van der Waals surface area contributed by atoms with Crippen LogP contribution in [0.25, 0.3) is 0 Å². The Balaban J connectivity index is 2.29. The fraction of sp³-hybridized carbons (Fsp3) is 0.600. The Morgan fingerprint density at radius 1 is 1.25 bits per heavy atom. The van der Waals surface area contributed by atoms with Gasteiger partial charge in [0.15, 0.2) is 0 Å². The number of ether oxygens (including phenoxy) is 2. The molecule has 0 aromatic rings. The minimum atomic E-state index is 0.211. The fourth-order valence-electron chi connectivity index (χ4n) is 1.55. The third kappa shape index (κ3) is 2.38. The van der Waals surface area contributed by atoms with E-state index in [1.807, 2.05) is 0 Å². The van der Waals surface area contributed by atoms with Crippen molar-refractivity contribution in [3.8, 4) is 0 Å². The molecule has 2 unspecified atom stereocenters. The van der Waals surface area contributed by atoms with Crippen LogP contribution in [-0.4, -0.2) is 18.8 Å². The second-order valence-electron chi connectivity index (χ2n) is 2.93. The number of hydrogen-bond donors (Lipinski definition) is 0. The van der Waals surface area contributed by atoms with Gasteiger partial charge >= 0.3 is 0 Å². The Bertz CT molecular complexity index is 154. The Morgan fingerprint density at radius 2 is 2.00 bits per heavy atom. The zero-order valence-electron chi connectivity index (χ0n) is 7.37. The lowest BCUT2D eigenvalue weighted by molar-refractivity contribution is -0.0131. The summed E-state index contributed by atoms with van der Waals surface area (Å²) in [6.45, 7) is 7.76. The van der Waals surface area contributed by atoms with Crippen molar-refractivity contribution in [1.82, 2.24) is 0 Å². The first kappa shape index (κ1) is 9.33. The number of rotatable bonds is 5. The summed E-state index contributed by atoms with van der Waals surface area (Å²) in [4.78, 5) is 0. The monoisotopic (exact) mass is 168 g/mol. The summed E-state index contributed by atoms with van der Waals surface area (Å²) in [5, 5.41) is 0. The molecule has 0 bridgehead atoms. The van der Waals surface area contributed by atoms with Crippen LogP contribution in [0.3, 0.4) is 0 Å². The Labute approximate surface area is 73.9 Å². The van der Waals surface area contributed by atoms with Crippen molar-refractivity contribution in [3.05, 3.63) is 25.5 Å². The van der Waals surface area contributed by atoms with E-state index in [2.05, 4.69) is 13.2 Å². The molecule has 2 atom stereocenters. The van der Waals surface area contributed by atoms with Crippen LogP contribution in [0.1, 0.15) is 19.3 Å². The molecule has 0 aliphatic heterocycles. The molecule has 0 aromatic carbocycles. The molecule has 0 spiro atoms. The van der Waals surface area contributed by atoms with Crippen LogP contribution in [0.4, 0.5) is 0 Å². The Hall–Kier alpha value is -0.760. The topological polar surface area (TPSA) is 18.5 Å². The molecule has 0 aromatic heterocycles. The average molecular weight is 168 g/mol. The molecule has 2 heteroatoms. The van der Waals surface area contributed by atoms with E-state index in [4.69, 9.17) is 9.47 Å². The predicted octanol–water partition coefficient (Wildman–Crippen LogP) is 2.27. The van der Waals surface area contributed by atoms with Crippen molar-refractivity contribution in [1.29, 1.82) is 0 Å². The highest BCUT2D eigenvalue weighted by Gasteiger charge is 2.28. The molecule has 2 nitrogen and oxygen atoms in total. The van der Waals surface area contributed by atoms with Gasteiger partial charge in [0.05, 0.1) is 19.0 Å². The quantitative estimate of drug-likeness (QED) is 0.463. The fourth-order valence-corrected chi connectivity index (χ4v) is 1.55. The minimum Gasteiger partial charge on any atom is -0.496 e. The van der Waals surface area contributed by atoms with Crippen LogP contribution in [-0.2, 0) is 9.47 Å². The van der Waals surface area contributed by atoms with Gasteiger partial charge in [-0.15, -0.1) is 6.58 Å². The molecule has 1 saturated carbocycles. The van der Waals surface area contributed by atoms with E-state index < -0.39 is 0 Å². The van der Waals surface area contributed by atoms with Crippen molar-refractivity contribution in [3.63, 3.8) is 0 Å². The van der Waals surface area contributed by atoms with Gasteiger partial charge in [0.1, 0.15) is 6.10 Å². The molecule has 0 heterocycles. The standard InChI is InChI=1S/C10H16O2/c1-3-8-12-10-7-5-6-9(10)11-4-2/h3-4,9-10H,1-2,5-8H2. The highest BCUT2D eigenvalue weighted by atomic mass is 16.5. The molecule has 0 amide bonds. The summed E-state index contributed by atoms with van der Waals surface area (Å²) in [5.74, 6) is 0. The van der Waals surface area contributed by atoms with Gasteiger partial charge in [-0.1, -0.05) is 12.7 Å². The molecular weight excluding hydrogens is 152 g/mol. The highest BCUT2D eigenvalue weighted by Crippen LogP contribution is 2.24. The van der Waals surface area contributed by atoms with Gasteiger partial charge < -0.3 is 9.47 Å². The normalized spacial score (nSPS) is 28.3. The minimum absolute atomic E-state index is 0.211. The van der Waals surface area contributed by atoms with Gasteiger partial charge in [-0.3, -0.25) is 0 Å². The zero-order chi connectivity index (χ0) is 8.81. The van der Waals surface area contributed by atoms with E-state index in [-0.39, 0.29) is 12.2 Å². The number of hydrogen-bond acceptors (Lipinski definition) is 2. The average Bonchev–Trinajstić information content (AvgIpc) is 2.50. The molecule has 0 saturated heterocycles. The van der Waals surface area contributed by atoms with Crippen molar-refractivity contribution in [2.75, 3.05) is 6.61 Å². The first-order chi connectivity index (χ1) is 5.88. The van der Waals surface area contributed by atoms with Crippen LogP contribution in [0.15, 0.2) is 25.5 Å². The molecule has 1 aliphatic rings. The maximum absolute atomic E-state index is 5.53. The lowest BCUT2D eigenvalue weighted by atomic mass is 10.2. The first-order valence-corrected chi connectivity index (χ1v) is 4.37. The maximum atomic E-state index is 5.53. The van der Waals surface area contributed by atoms with Crippen LogP contribution in [0.5, 0.6) is 0 Å². The van der Waals surface area contributed by atoms with E-state index in [1.165, 1.54) is 12.7 Å². The SMILES string of the molecule is C=CCOC1CCCC1OC=C. The highest BCUT2D eigenvalue weighted by molar-refractivity contribution is 4.81. The van der Waals surface area contributed by atoms with E-state index in [1.54, 1.807) is 6.08 Å². The van der Waals surface area contributed by atoms with E-state index in [0.29, 0.717) is 6.61 Å². The summed E-state index contributed by atoms with van der Waals surface area (Å²) in [6, 6.07) is 0. The van der Waals surface area contributed by atoms with Crippen molar-refractivity contribution >= 4 is 0 Å². The van der Waals surface area contributed by atoms with Crippen LogP contribution >= 0.6 is 0 Å². The third-order valence-corrected chi connectivity index (χ3v) is 2.09. The third-order valence-electron chi connectivity index (χ3n) is 2.09. The van der Waals surface area contributed by atoms with Crippen LogP contribution in [0.2, 0.25) is 0 Å². The van der Waals surface area contributed by atoms with Gasteiger partial charge in [-0.2, -0.15) is 0 Å². The van der Waals surface area contributed by atoms with E-state index >= 15 is 0 Å². The van der Waals surface area contributed by atoms with Gasteiger partial charge in [-0.05, 0) is 19.3 Å². The van der Waals surface area contributed by atoms with Crippen LogP contribution < -0.4 is 0 Å². The summed E-state index contributed by atoms with van der Waals surface area (Å²) in [6.07, 6.45) is 7.06. The summed E-state index contributed by atoms with van der Waals surface area (Å²) in [7, 11) is 0. The Morgan fingerprint density at radius 3 is 2.67 bits per heavy atom. The molecule has 0 radical (unpaired) electrons. The molecule has 1 fully saturated rings. The van der Waals surface area contributed by atoms with Crippen LogP contribution in [0, 0.1) is 0 Å². The maximum Gasteiger partial charge on any atom is 0.124 e. The zero-order valence-corrected chi connectivity index (χ0v) is 7.37. The molecule has 0 N–H and O–H groups in total. The lowest BCUT2D eigenvalue weighted by Gasteiger charge is -2.18. The molecule has 68 valence electrons. The van der Waals surface area contributed by atoms with Crippen molar-refractivity contribution in [2.45, 2.75) is 31.5 Å².